The van der Waals surface area contributed by atoms with Crippen LogP contribution in [0, 0.1) is 0 Å². The van der Waals surface area contributed by atoms with E-state index in [-0.39, 0.29) is 12.5 Å². The number of rotatable bonds is 7. The van der Waals surface area contributed by atoms with Crippen LogP contribution in [0.25, 0.3) is 22.6 Å². The minimum atomic E-state index is -0.0942. The van der Waals surface area contributed by atoms with Crippen molar-refractivity contribution in [1.82, 2.24) is 9.88 Å². The van der Waals surface area contributed by atoms with Crippen LogP contribution >= 0.6 is 0 Å². The van der Waals surface area contributed by atoms with Gasteiger partial charge in [-0.1, -0.05) is 30.3 Å². The number of fused-ring (bicyclic) bond motifs is 2. The molecule has 2 aromatic carbocycles. The van der Waals surface area contributed by atoms with Crippen molar-refractivity contribution in [3.05, 3.63) is 64.8 Å². The third kappa shape index (κ3) is 3.84. The Labute approximate surface area is 171 Å². The van der Waals surface area contributed by atoms with Gasteiger partial charge in [0.2, 0.25) is 0 Å². The summed E-state index contributed by atoms with van der Waals surface area (Å²) in [5.41, 5.74) is 6.69. The second-order valence-corrected chi connectivity index (χ2v) is 7.80. The molecule has 5 heteroatoms. The average molecular weight is 389 g/mol. The molecule has 0 bridgehead atoms. The average Bonchev–Trinajstić information content (AvgIpc) is 3.20. The molecule has 2 heterocycles. The molecular weight excluding hydrogens is 362 g/mol. The highest BCUT2D eigenvalue weighted by atomic mass is 16.3. The SMILES string of the molecule is CN(C)CCCc1c(C=C2C(=O)Nc3cccc(CCO)c32)[nH]c2ccccc12. The smallest absolute Gasteiger partial charge is 0.256 e. The number of nitrogens with one attached hydrogen (secondary N) is 2. The standard InChI is InChI=1S/C24H27N3O2/c1-27(2)13-6-9-18-17-8-3-4-10-20(17)25-22(18)15-19-23-16(12-14-28)7-5-11-21(23)26-24(19)29/h3-5,7-8,10-11,15,25,28H,6,9,12-14H2,1-2H3,(H,26,29). The molecule has 3 N–H and O–H groups in total. The number of aromatic nitrogens is 1. The number of amides is 1. The van der Waals surface area contributed by atoms with Crippen molar-refractivity contribution in [3.63, 3.8) is 0 Å². The molecule has 0 saturated carbocycles. The molecule has 1 amide bonds. The lowest BCUT2D eigenvalue weighted by molar-refractivity contribution is -0.110. The van der Waals surface area contributed by atoms with Gasteiger partial charge in [0.05, 0.1) is 5.57 Å². The Kier molecular flexibility index (Phi) is 5.51. The maximum atomic E-state index is 12.8. The molecule has 29 heavy (non-hydrogen) atoms. The first-order chi connectivity index (χ1) is 14.1. The van der Waals surface area contributed by atoms with Crippen LogP contribution < -0.4 is 5.32 Å². The van der Waals surface area contributed by atoms with E-state index < -0.39 is 0 Å². The minimum Gasteiger partial charge on any atom is -0.396 e. The van der Waals surface area contributed by atoms with Crippen molar-refractivity contribution in [3.8, 4) is 0 Å². The number of nitrogens with zero attached hydrogens (tertiary/aromatic N) is 1. The van der Waals surface area contributed by atoms with E-state index in [4.69, 9.17) is 0 Å². The van der Waals surface area contributed by atoms with Gasteiger partial charge in [0.25, 0.3) is 5.91 Å². The van der Waals surface area contributed by atoms with Gasteiger partial charge in [-0.3, -0.25) is 4.79 Å². The molecule has 0 atom stereocenters. The third-order valence-corrected chi connectivity index (χ3v) is 5.46. The van der Waals surface area contributed by atoms with Gasteiger partial charge in [0.1, 0.15) is 0 Å². The summed E-state index contributed by atoms with van der Waals surface area (Å²) >= 11 is 0. The van der Waals surface area contributed by atoms with Crippen molar-refractivity contribution < 1.29 is 9.90 Å². The van der Waals surface area contributed by atoms with E-state index in [1.165, 1.54) is 10.9 Å². The maximum Gasteiger partial charge on any atom is 0.256 e. The molecule has 1 aliphatic heterocycles. The highest BCUT2D eigenvalue weighted by Crippen LogP contribution is 2.37. The van der Waals surface area contributed by atoms with Crippen LogP contribution in [0.3, 0.4) is 0 Å². The topological polar surface area (TPSA) is 68.4 Å². The lowest BCUT2D eigenvalue weighted by atomic mass is 9.96. The molecular formula is C24H27N3O2. The Morgan fingerprint density at radius 2 is 1.90 bits per heavy atom. The predicted octanol–water partition coefficient (Wildman–Crippen LogP) is 3.69. The van der Waals surface area contributed by atoms with E-state index in [1.54, 1.807) is 0 Å². The van der Waals surface area contributed by atoms with Crippen molar-refractivity contribution in [2.24, 2.45) is 0 Å². The summed E-state index contributed by atoms with van der Waals surface area (Å²) in [7, 11) is 4.17. The van der Waals surface area contributed by atoms with Crippen LogP contribution in [0.5, 0.6) is 0 Å². The van der Waals surface area contributed by atoms with E-state index in [1.807, 2.05) is 30.3 Å². The molecule has 0 unspecified atom stereocenters. The molecule has 150 valence electrons. The Morgan fingerprint density at radius 1 is 1.07 bits per heavy atom. The van der Waals surface area contributed by atoms with Crippen LogP contribution in [-0.4, -0.2) is 48.1 Å². The number of aliphatic hydroxyl groups is 1. The van der Waals surface area contributed by atoms with E-state index in [2.05, 4.69) is 47.5 Å². The maximum absolute atomic E-state index is 12.8. The van der Waals surface area contributed by atoms with Crippen molar-refractivity contribution >= 4 is 34.1 Å². The molecule has 0 radical (unpaired) electrons. The molecule has 4 rings (SSSR count). The number of aliphatic hydroxyl groups excluding tert-OH is 1. The summed E-state index contributed by atoms with van der Waals surface area (Å²) < 4.78 is 0. The number of carbonyl (C=O) groups is 1. The second kappa shape index (κ2) is 8.23. The molecule has 5 nitrogen and oxygen atoms in total. The summed E-state index contributed by atoms with van der Waals surface area (Å²) in [6, 6.07) is 14.1. The lowest BCUT2D eigenvalue weighted by Gasteiger charge is -2.10. The van der Waals surface area contributed by atoms with Crippen LogP contribution in [0.2, 0.25) is 0 Å². The number of benzene rings is 2. The number of carbonyl (C=O) groups excluding carboxylic acids is 1. The zero-order chi connectivity index (χ0) is 20.4. The van der Waals surface area contributed by atoms with Crippen molar-refractivity contribution in [2.75, 3.05) is 32.6 Å². The first-order valence-electron chi connectivity index (χ1n) is 10.1. The number of hydrogen-bond acceptors (Lipinski definition) is 3. The predicted molar refractivity (Wildman–Crippen MR) is 119 cm³/mol. The molecule has 3 aromatic rings. The normalized spacial score (nSPS) is 14.8. The van der Waals surface area contributed by atoms with Gasteiger partial charge >= 0.3 is 0 Å². The second-order valence-electron chi connectivity index (χ2n) is 7.80. The number of para-hydroxylation sites is 1. The largest absolute Gasteiger partial charge is 0.396 e. The molecule has 1 aromatic heterocycles. The van der Waals surface area contributed by atoms with Crippen LogP contribution in [0.1, 0.15) is 28.8 Å². The Morgan fingerprint density at radius 3 is 2.69 bits per heavy atom. The van der Waals surface area contributed by atoms with Crippen molar-refractivity contribution in [2.45, 2.75) is 19.3 Å². The number of anilines is 1. The number of aryl methyl sites for hydroxylation is 1. The number of hydrogen-bond donors (Lipinski definition) is 3. The molecule has 0 spiro atoms. The summed E-state index contributed by atoms with van der Waals surface area (Å²) in [4.78, 5) is 18.5. The zero-order valence-electron chi connectivity index (χ0n) is 17.0. The van der Waals surface area contributed by atoms with Crippen LogP contribution in [0.4, 0.5) is 5.69 Å². The summed E-state index contributed by atoms with van der Waals surface area (Å²) in [6.45, 7) is 1.07. The first-order valence-corrected chi connectivity index (χ1v) is 10.1. The lowest BCUT2D eigenvalue weighted by Crippen LogP contribution is -2.13. The van der Waals surface area contributed by atoms with E-state index in [0.29, 0.717) is 12.0 Å². The molecule has 0 fully saturated rings. The summed E-state index contributed by atoms with van der Waals surface area (Å²) in [6.07, 6.45) is 4.49. The van der Waals surface area contributed by atoms with Crippen LogP contribution in [0.15, 0.2) is 42.5 Å². The zero-order valence-corrected chi connectivity index (χ0v) is 17.0. The van der Waals surface area contributed by atoms with E-state index >= 15 is 0 Å². The van der Waals surface area contributed by atoms with Gasteiger partial charge in [-0.05, 0) is 69.2 Å². The fraction of sp³-hybridized carbons (Fsp3) is 0.292. The fourth-order valence-corrected chi connectivity index (χ4v) is 4.12. The Balaban J connectivity index is 1.80. The minimum absolute atomic E-state index is 0.0557. The fourth-order valence-electron chi connectivity index (χ4n) is 4.12. The Bertz CT molecular complexity index is 1080. The van der Waals surface area contributed by atoms with Gasteiger partial charge < -0.3 is 20.3 Å². The van der Waals surface area contributed by atoms with Gasteiger partial charge in [0, 0.05) is 34.5 Å². The molecule has 0 aliphatic carbocycles. The quantitative estimate of drug-likeness (QED) is 0.540. The summed E-state index contributed by atoms with van der Waals surface area (Å²) in [5.74, 6) is -0.0942. The van der Waals surface area contributed by atoms with Gasteiger partial charge in [-0.15, -0.1) is 0 Å². The highest BCUT2D eigenvalue weighted by Gasteiger charge is 2.27. The first kappa shape index (κ1) is 19.4. The van der Waals surface area contributed by atoms with Gasteiger partial charge in [0.15, 0.2) is 0 Å². The third-order valence-electron chi connectivity index (χ3n) is 5.46. The van der Waals surface area contributed by atoms with Crippen molar-refractivity contribution in [1.29, 1.82) is 0 Å². The molecule has 0 saturated heterocycles. The highest BCUT2D eigenvalue weighted by molar-refractivity contribution is 6.35. The van der Waals surface area contributed by atoms with Crippen LogP contribution in [-0.2, 0) is 17.6 Å². The van der Waals surface area contributed by atoms with E-state index in [0.717, 1.165) is 47.4 Å². The van der Waals surface area contributed by atoms with Gasteiger partial charge in [-0.25, -0.2) is 0 Å². The Hall–Kier alpha value is -2.89. The number of aromatic amines is 1. The van der Waals surface area contributed by atoms with Gasteiger partial charge in [-0.2, -0.15) is 0 Å². The molecule has 1 aliphatic rings. The monoisotopic (exact) mass is 389 g/mol. The summed E-state index contributed by atoms with van der Waals surface area (Å²) in [5, 5.41) is 13.6. The number of H-pyrrole nitrogens is 1. The van der Waals surface area contributed by atoms with E-state index in [9.17, 15) is 9.90 Å².